The Morgan fingerprint density at radius 1 is 1.43 bits per heavy atom. The van der Waals surface area contributed by atoms with Gasteiger partial charge in [0.15, 0.2) is 5.78 Å². The largest absolute Gasteiger partial charge is 0.481 e. The first-order valence-corrected chi connectivity index (χ1v) is 7.32. The normalized spacial score (nSPS) is 19.4. The van der Waals surface area contributed by atoms with Crippen LogP contribution in [0, 0.1) is 12.8 Å². The average Bonchev–Trinajstić information content (AvgIpc) is 2.48. The van der Waals surface area contributed by atoms with Crippen molar-refractivity contribution in [3.63, 3.8) is 0 Å². The second kappa shape index (κ2) is 6.72. The first kappa shape index (κ1) is 15.5. The zero-order chi connectivity index (χ0) is 15.4. The summed E-state index contributed by atoms with van der Waals surface area (Å²) in [6.45, 7) is 3.92. The third kappa shape index (κ3) is 4.04. The Labute approximate surface area is 124 Å². The number of carboxylic acid groups (broad SMARTS) is 1. The van der Waals surface area contributed by atoms with Gasteiger partial charge in [0.1, 0.15) is 0 Å². The molecule has 5 heteroatoms. The summed E-state index contributed by atoms with van der Waals surface area (Å²) in [6, 6.07) is 5.36. The number of piperidine rings is 1. The van der Waals surface area contributed by atoms with E-state index < -0.39 is 5.97 Å². The van der Waals surface area contributed by atoms with Crippen LogP contribution in [0.4, 0.5) is 5.69 Å². The average molecular weight is 290 g/mol. The lowest BCUT2D eigenvalue weighted by atomic mass is 9.97. The molecule has 21 heavy (non-hydrogen) atoms. The van der Waals surface area contributed by atoms with Crippen LogP contribution in [0.2, 0.25) is 0 Å². The van der Waals surface area contributed by atoms with Gasteiger partial charge in [-0.25, -0.2) is 0 Å². The topological polar surface area (TPSA) is 83.6 Å². The van der Waals surface area contributed by atoms with Crippen molar-refractivity contribution in [2.45, 2.75) is 26.2 Å². The fraction of sp³-hybridized carbons (Fsp3) is 0.500. The molecule has 0 radical (unpaired) electrons. The summed E-state index contributed by atoms with van der Waals surface area (Å²) >= 11 is 0. The van der Waals surface area contributed by atoms with E-state index in [1.54, 1.807) is 12.1 Å². The van der Waals surface area contributed by atoms with Crippen LogP contribution in [0.5, 0.6) is 0 Å². The summed E-state index contributed by atoms with van der Waals surface area (Å²) in [5.41, 5.74) is 8.04. The van der Waals surface area contributed by atoms with E-state index in [9.17, 15) is 9.59 Å². The van der Waals surface area contributed by atoms with Gasteiger partial charge in [-0.05, 0) is 37.9 Å². The SMILES string of the molecule is Cc1ccc(C(=O)CCN2CCCC(C(=O)O)C2)cc1N. The highest BCUT2D eigenvalue weighted by Gasteiger charge is 2.25. The molecule has 1 heterocycles. The van der Waals surface area contributed by atoms with Gasteiger partial charge in [-0.3, -0.25) is 9.59 Å². The third-order valence-electron chi connectivity index (χ3n) is 4.11. The molecule has 1 aromatic carbocycles. The molecular weight excluding hydrogens is 268 g/mol. The Hall–Kier alpha value is -1.88. The molecule has 0 aromatic heterocycles. The van der Waals surface area contributed by atoms with Gasteiger partial charge in [0.25, 0.3) is 0 Å². The quantitative estimate of drug-likeness (QED) is 0.639. The summed E-state index contributed by atoms with van der Waals surface area (Å²) in [5, 5.41) is 9.06. The minimum Gasteiger partial charge on any atom is -0.481 e. The highest BCUT2D eigenvalue weighted by atomic mass is 16.4. The molecular formula is C16H22N2O3. The molecule has 0 saturated carbocycles. The number of aliphatic carboxylic acids is 1. The van der Waals surface area contributed by atoms with Crippen molar-refractivity contribution in [3.8, 4) is 0 Å². The van der Waals surface area contributed by atoms with Crippen LogP contribution in [-0.2, 0) is 4.79 Å². The summed E-state index contributed by atoms with van der Waals surface area (Å²) in [4.78, 5) is 25.3. The van der Waals surface area contributed by atoms with Crippen molar-refractivity contribution in [2.75, 3.05) is 25.4 Å². The molecule has 3 N–H and O–H groups in total. The second-order valence-corrected chi connectivity index (χ2v) is 5.72. The van der Waals surface area contributed by atoms with E-state index in [0.717, 1.165) is 24.9 Å². The molecule has 0 amide bonds. The lowest BCUT2D eigenvalue weighted by Gasteiger charge is -2.30. The molecule has 2 rings (SSSR count). The van der Waals surface area contributed by atoms with E-state index in [1.165, 1.54) is 0 Å². The summed E-state index contributed by atoms with van der Waals surface area (Å²) in [6.07, 6.45) is 2.01. The number of nitrogens with two attached hydrogens (primary N) is 1. The number of likely N-dealkylation sites (tertiary alicyclic amines) is 1. The maximum atomic E-state index is 12.2. The van der Waals surface area contributed by atoms with Gasteiger partial charge in [0.05, 0.1) is 5.92 Å². The van der Waals surface area contributed by atoms with E-state index >= 15 is 0 Å². The van der Waals surface area contributed by atoms with Crippen molar-refractivity contribution in [2.24, 2.45) is 5.92 Å². The van der Waals surface area contributed by atoms with Crippen LogP contribution in [0.25, 0.3) is 0 Å². The molecule has 114 valence electrons. The van der Waals surface area contributed by atoms with E-state index in [-0.39, 0.29) is 11.7 Å². The maximum Gasteiger partial charge on any atom is 0.307 e. The molecule has 1 aromatic rings. The Morgan fingerprint density at radius 2 is 2.19 bits per heavy atom. The van der Waals surface area contributed by atoms with Crippen LogP contribution in [-0.4, -0.2) is 41.4 Å². The summed E-state index contributed by atoms with van der Waals surface area (Å²) < 4.78 is 0. The van der Waals surface area contributed by atoms with Gasteiger partial charge in [-0.1, -0.05) is 12.1 Å². The standard InChI is InChI=1S/C16H22N2O3/c1-11-4-5-12(9-14(11)17)15(19)6-8-18-7-2-3-13(10-18)16(20)21/h4-5,9,13H,2-3,6-8,10,17H2,1H3,(H,20,21). The van der Waals surface area contributed by atoms with Gasteiger partial charge in [0, 0.05) is 30.8 Å². The number of benzene rings is 1. The fourth-order valence-electron chi connectivity index (χ4n) is 2.68. The smallest absolute Gasteiger partial charge is 0.307 e. The number of ketones is 1. The predicted octanol–water partition coefficient (Wildman–Crippen LogP) is 1.95. The molecule has 0 spiro atoms. The Balaban J connectivity index is 1.88. The van der Waals surface area contributed by atoms with Gasteiger partial charge < -0.3 is 15.7 Å². The molecule has 1 saturated heterocycles. The molecule has 5 nitrogen and oxygen atoms in total. The zero-order valence-electron chi connectivity index (χ0n) is 12.3. The van der Waals surface area contributed by atoms with Crippen molar-refractivity contribution in [3.05, 3.63) is 29.3 Å². The van der Waals surface area contributed by atoms with Gasteiger partial charge in [-0.2, -0.15) is 0 Å². The molecule has 0 aliphatic carbocycles. The van der Waals surface area contributed by atoms with E-state index in [1.807, 2.05) is 13.0 Å². The molecule has 1 unspecified atom stereocenters. The van der Waals surface area contributed by atoms with Gasteiger partial charge >= 0.3 is 5.97 Å². The van der Waals surface area contributed by atoms with E-state index in [0.29, 0.717) is 30.8 Å². The second-order valence-electron chi connectivity index (χ2n) is 5.72. The minimum absolute atomic E-state index is 0.0548. The Kier molecular flexibility index (Phi) is 4.96. The number of carbonyl (C=O) groups excluding carboxylic acids is 1. The van der Waals surface area contributed by atoms with Crippen molar-refractivity contribution < 1.29 is 14.7 Å². The number of Topliss-reactive ketones (excluding diaryl/α,β-unsaturated/α-hetero) is 1. The lowest BCUT2D eigenvalue weighted by molar-refractivity contribution is -0.143. The summed E-state index contributed by atoms with van der Waals surface area (Å²) in [5.74, 6) is -0.986. The van der Waals surface area contributed by atoms with Crippen molar-refractivity contribution >= 4 is 17.4 Å². The highest BCUT2D eigenvalue weighted by molar-refractivity contribution is 5.97. The first-order chi connectivity index (χ1) is 9.97. The molecule has 1 atom stereocenters. The number of hydrogen-bond donors (Lipinski definition) is 2. The molecule has 1 aliphatic heterocycles. The highest BCUT2D eigenvalue weighted by Crippen LogP contribution is 2.18. The molecule has 1 aliphatic rings. The number of aryl methyl sites for hydroxylation is 1. The fourth-order valence-corrected chi connectivity index (χ4v) is 2.68. The van der Waals surface area contributed by atoms with Gasteiger partial charge in [0.2, 0.25) is 0 Å². The zero-order valence-corrected chi connectivity index (χ0v) is 12.3. The van der Waals surface area contributed by atoms with Crippen LogP contribution in [0.1, 0.15) is 35.2 Å². The number of carboxylic acids is 1. The van der Waals surface area contributed by atoms with Crippen molar-refractivity contribution in [1.29, 1.82) is 0 Å². The van der Waals surface area contributed by atoms with E-state index in [2.05, 4.69) is 4.90 Å². The maximum absolute atomic E-state index is 12.2. The molecule has 1 fully saturated rings. The lowest BCUT2D eigenvalue weighted by Crippen LogP contribution is -2.39. The Morgan fingerprint density at radius 3 is 2.86 bits per heavy atom. The Bertz CT molecular complexity index is 542. The molecule has 0 bridgehead atoms. The number of hydrogen-bond acceptors (Lipinski definition) is 4. The minimum atomic E-state index is -0.739. The third-order valence-corrected chi connectivity index (χ3v) is 4.11. The predicted molar refractivity (Wildman–Crippen MR) is 81.3 cm³/mol. The number of nitrogens with zero attached hydrogens (tertiary/aromatic N) is 1. The van der Waals surface area contributed by atoms with Crippen LogP contribution in [0.3, 0.4) is 0 Å². The number of carbonyl (C=O) groups is 2. The number of anilines is 1. The monoisotopic (exact) mass is 290 g/mol. The van der Waals surface area contributed by atoms with Crippen LogP contribution >= 0.6 is 0 Å². The number of rotatable bonds is 5. The van der Waals surface area contributed by atoms with Crippen LogP contribution in [0.15, 0.2) is 18.2 Å². The van der Waals surface area contributed by atoms with Gasteiger partial charge in [-0.15, -0.1) is 0 Å². The summed E-state index contributed by atoms with van der Waals surface area (Å²) in [7, 11) is 0. The van der Waals surface area contributed by atoms with Crippen LogP contribution < -0.4 is 5.73 Å². The van der Waals surface area contributed by atoms with E-state index in [4.69, 9.17) is 10.8 Å². The number of nitrogen functional groups attached to an aromatic ring is 1. The first-order valence-electron chi connectivity index (χ1n) is 7.32. The van der Waals surface area contributed by atoms with Crippen molar-refractivity contribution in [1.82, 2.24) is 4.90 Å².